The van der Waals surface area contributed by atoms with Gasteiger partial charge in [0.25, 0.3) is 0 Å². The Bertz CT molecular complexity index is 1380. The molecule has 0 aliphatic rings. The SMILES string of the molecule is CCC(C)(C)c1ccc(OP(=O)(Oc2ccc(C(C)(C)CC)cc2C(C)(C)CC)c2ccc(C(C)(C)CC)cc2)cc1. The van der Waals surface area contributed by atoms with Crippen LogP contribution in [0, 0.1) is 0 Å². The van der Waals surface area contributed by atoms with Crippen molar-refractivity contribution in [1.82, 2.24) is 0 Å². The zero-order valence-corrected chi connectivity index (χ0v) is 29.2. The summed E-state index contributed by atoms with van der Waals surface area (Å²) in [5.74, 6) is 1.15. The summed E-state index contributed by atoms with van der Waals surface area (Å²) in [6, 6.07) is 22.3. The summed E-state index contributed by atoms with van der Waals surface area (Å²) in [6.07, 6.45) is 3.97. The van der Waals surface area contributed by atoms with Gasteiger partial charge in [0.15, 0.2) is 0 Å². The molecule has 3 nitrogen and oxygen atoms in total. The van der Waals surface area contributed by atoms with Gasteiger partial charge in [-0.3, -0.25) is 0 Å². The van der Waals surface area contributed by atoms with Gasteiger partial charge in [-0.1, -0.05) is 119 Å². The molecule has 3 aromatic carbocycles. The van der Waals surface area contributed by atoms with Crippen molar-refractivity contribution in [2.75, 3.05) is 0 Å². The van der Waals surface area contributed by atoms with Gasteiger partial charge in [-0.15, -0.1) is 0 Å². The van der Waals surface area contributed by atoms with Crippen molar-refractivity contribution >= 4 is 12.9 Å². The lowest BCUT2D eigenvalue weighted by Gasteiger charge is -2.31. The van der Waals surface area contributed by atoms with Crippen LogP contribution in [0.25, 0.3) is 0 Å². The lowest BCUT2D eigenvalue weighted by Crippen LogP contribution is -2.23. The monoisotopic (exact) mass is 590 g/mol. The van der Waals surface area contributed by atoms with Crippen LogP contribution in [0.1, 0.15) is 131 Å². The molecule has 42 heavy (non-hydrogen) atoms. The molecule has 0 heterocycles. The highest BCUT2D eigenvalue weighted by atomic mass is 31.2. The van der Waals surface area contributed by atoms with E-state index in [0.717, 1.165) is 31.2 Å². The highest BCUT2D eigenvalue weighted by Gasteiger charge is 2.35. The smallest absolute Gasteiger partial charge is 0.413 e. The van der Waals surface area contributed by atoms with Crippen molar-refractivity contribution in [2.24, 2.45) is 0 Å². The van der Waals surface area contributed by atoms with Crippen molar-refractivity contribution in [2.45, 2.75) is 130 Å². The summed E-state index contributed by atoms with van der Waals surface area (Å²) in [7, 11) is -3.83. The van der Waals surface area contributed by atoms with E-state index in [1.165, 1.54) is 16.7 Å². The molecule has 0 amide bonds. The fourth-order valence-electron chi connectivity index (χ4n) is 4.82. The van der Waals surface area contributed by atoms with Crippen LogP contribution in [0.2, 0.25) is 0 Å². The number of hydrogen-bond acceptors (Lipinski definition) is 3. The third-order valence-electron chi connectivity index (χ3n) is 10.1. The van der Waals surface area contributed by atoms with Crippen LogP contribution in [-0.2, 0) is 26.2 Å². The highest BCUT2D eigenvalue weighted by Crippen LogP contribution is 2.51. The van der Waals surface area contributed by atoms with Crippen LogP contribution in [-0.4, -0.2) is 0 Å². The molecule has 0 radical (unpaired) electrons. The lowest BCUT2D eigenvalue weighted by atomic mass is 9.76. The first-order chi connectivity index (χ1) is 19.4. The van der Waals surface area contributed by atoms with E-state index in [2.05, 4.69) is 119 Å². The highest BCUT2D eigenvalue weighted by molar-refractivity contribution is 7.63. The number of hydrogen-bond donors (Lipinski definition) is 0. The Labute approximate surface area is 257 Å². The molecule has 1 unspecified atom stereocenters. The molecule has 230 valence electrons. The standard InChI is InChI=1S/C38H55O3P/c1-13-35(5,6)28-17-22-31(23-18-28)40-42(39,32-24-19-29(20-25-32)36(7,8)14-2)41-34-26-21-30(37(9,10)15-3)27-33(34)38(11,12)16-4/h17-27H,13-16H2,1-12H3. The first kappa shape index (κ1) is 34.0. The van der Waals surface area contributed by atoms with Crippen LogP contribution in [0.3, 0.4) is 0 Å². The summed E-state index contributed by atoms with van der Waals surface area (Å²) in [5, 5.41) is 0.550. The Morgan fingerprint density at radius 2 is 0.929 bits per heavy atom. The summed E-state index contributed by atoms with van der Waals surface area (Å²) in [5.41, 5.74) is 4.64. The van der Waals surface area contributed by atoms with E-state index in [1.54, 1.807) is 0 Å². The Hall–Kier alpha value is -2.51. The van der Waals surface area contributed by atoms with E-state index in [1.807, 2.05) is 30.3 Å². The fourth-order valence-corrected chi connectivity index (χ4v) is 6.40. The van der Waals surface area contributed by atoms with Gasteiger partial charge in [0, 0.05) is 5.56 Å². The van der Waals surface area contributed by atoms with E-state index in [0.29, 0.717) is 16.8 Å². The maximum atomic E-state index is 15.0. The average molecular weight is 591 g/mol. The second-order valence-electron chi connectivity index (χ2n) is 14.4. The molecule has 3 aromatic rings. The Morgan fingerprint density at radius 1 is 0.524 bits per heavy atom. The first-order valence-corrected chi connectivity index (χ1v) is 17.3. The Kier molecular flexibility index (Phi) is 10.2. The van der Waals surface area contributed by atoms with E-state index >= 15 is 0 Å². The van der Waals surface area contributed by atoms with Crippen LogP contribution < -0.4 is 14.4 Å². The molecular weight excluding hydrogens is 535 g/mol. The minimum Gasteiger partial charge on any atom is -0.413 e. The minimum absolute atomic E-state index is 0.0202. The molecule has 4 heteroatoms. The maximum Gasteiger partial charge on any atom is 0.462 e. The van der Waals surface area contributed by atoms with Crippen LogP contribution in [0.5, 0.6) is 11.5 Å². The van der Waals surface area contributed by atoms with Crippen LogP contribution in [0.15, 0.2) is 66.7 Å². The zero-order chi connectivity index (χ0) is 31.6. The molecule has 3 rings (SSSR count). The zero-order valence-electron chi connectivity index (χ0n) is 28.4. The molecule has 0 saturated carbocycles. The Balaban J connectivity index is 2.16. The first-order valence-electron chi connectivity index (χ1n) is 15.8. The van der Waals surface area contributed by atoms with Gasteiger partial charge in [-0.05, 0) is 94.4 Å². The normalized spacial score (nSPS) is 14.4. The van der Waals surface area contributed by atoms with Crippen molar-refractivity contribution in [3.8, 4) is 11.5 Å². The topological polar surface area (TPSA) is 35.5 Å². The summed E-state index contributed by atoms with van der Waals surface area (Å²) < 4.78 is 28.0. The molecule has 0 bridgehead atoms. The minimum atomic E-state index is -3.83. The quantitative estimate of drug-likeness (QED) is 0.186. The predicted octanol–water partition coefficient (Wildman–Crippen LogP) is 11.4. The number of rotatable bonds is 13. The Morgan fingerprint density at radius 3 is 1.38 bits per heavy atom. The van der Waals surface area contributed by atoms with Gasteiger partial charge < -0.3 is 9.05 Å². The molecular formula is C38H55O3P. The second-order valence-corrected chi connectivity index (χ2v) is 16.3. The summed E-state index contributed by atoms with van der Waals surface area (Å²) in [4.78, 5) is 0. The van der Waals surface area contributed by atoms with Gasteiger partial charge in [0.05, 0.1) is 5.30 Å². The predicted molar refractivity (Wildman–Crippen MR) is 181 cm³/mol. The summed E-state index contributed by atoms with van der Waals surface area (Å²) in [6.45, 7) is 26.7. The van der Waals surface area contributed by atoms with E-state index in [9.17, 15) is 4.57 Å². The fraction of sp³-hybridized carbons (Fsp3) is 0.526. The van der Waals surface area contributed by atoms with Gasteiger partial charge >= 0.3 is 7.60 Å². The average Bonchev–Trinajstić information content (AvgIpc) is 2.97. The van der Waals surface area contributed by atoms with Crippen molar-refractivity contribution in [3.63, 3.8) is 0 Å². The van der Waals surface area contributed by atoms with Crippen LogP contribution >= 0.6 is 7.60 Å². The third kappa shape index (κ3) is 7.34. The van der Waals surface area contributed by atoms with Gasteiger partial charge in [0.1, 0.15) is 11.5 Å². The van der Waals surface area contributed by atoms with Crippen molar-refractivity contribution in [1.29, 1.82) is 0 Å². The van der Waals surface area contributed by atoms with Crippen LogP contribution in [0.4, 0.5) is 0 Å². The van der Waals surface area contributed by atoms with E-state index < -0.39 is 7.60 Å². The third-order valence-corrected chi connectivity index (χ3v) is 11.9. The van der Waals surface area contributed by atoms with Gasteiger partial charge in [0.2, 0.25) is 0 Å². The molecule has 1 atom stereocenters. The van der Waals surface area contributed by atoms with Crippen molar-refractivity contribution in [3.05, 3.63) is 89.0 Å². The molecule has 0 fully saturated rings. The second kappa shape index (κ2) is 12.6. The van der Waals surface area contributed by atoms with E-state index in [-0.39, 0.29) is 21.7 Å². The molecule has 0 spiro atoms. The van der Waals surface area contributed by atoms with Crippen molar-refractivity contribution < 1.29 is 13.6 Å². The maximum absolute atomic E-state index is 15.0. The van der Waals surface area contributed by atoms with Gasteiger partial charge in [-0.2, -0.15) is 0 Å². The molecule has 0 aromatic heterocycles. The number of benzene rings is 3. The van der Waals surface area contributed by atoms with E-state index in [4.69, 9.17) is 9.05 Å². The molecule has 0 aliphatic heterocycles. The van der Waals surface area contributed by atoms with Gasteiger partial charge in [-0.25, -0.2) is 4.57 Å². The molecule has 0 saturated heterocycles. The lowest BCUT2D eigenvalue weighted by molar-refractivity contribution is 0.388. The largest absolute Gasteiger partial charge is 0.462 e. The molecule has 0 aliphatic carbocycles. The summed E-state index contributed by atoms with van der Waals surface area (Å²) >= 11 is 0. The molecule has 0 N–H and O–H groups in total.